The van der Waals surface area contributed by atoms with Crippen LogP contribution in [0.1, 0.15) is 65.9 Å². The van der Waals surface area contributed by atoms with Crippen molar-refractivity contribution >= 4 is 23.9 Å². The van der Waals surface area contributed by atoms with Crippen molar-refractivity contribution in [1.82, 2.24) is 4.90 Å². The molecule has 2 rings (SSSR count). The predicted octanol–water partition coefficient (Wildman–Crippen LogP) is 4.43. The van der Waals surface area contributed by atoms with E-state index in [1.54, 1.807) is 37.8 Å². The smallest absolute Gasteiger partial charge is 0.405 e. The number of hydrogen-bond acceptors (Lipinski definition) is 6. The molecule has 1 aromatic rings. The number of primary amides is 1. The second-order valence-corrected chi connectivity index (χ2v) is 10.4. The van der Waals surface area contributed by atoms with Gasteiger partial charge in [0.15, 0.2) is 0 Å². The molecule has 1 aromatic carbocycles. The molecule has 0 aromatic heterocycles. The first-order chi connectivity index (χ1) is 17.7. The van der Waals surface area contributed by atoms with Gasteiger partial charge in [0.1, 0.15) is 23.0 Å². The number of methoxy groups -OCH3 is 1. The first-order valence-electron chi connectivity index (χ1n) is 12.8. The average Bonchev–Trinajstić information content (AvgIpc) is 2.82. The Morgan fingerprint density at radius 2 is 1.79 bits per heavy atom. The molecule has 11 heteroatoms. The molecule has 0 atom stereocenters. The van der Waals surface area contributed by atoms with Crippen molar-refractivity contribution in [2.45, 2.75) is 72.3 Å². The van der Waals surface area contributed by atoms with Crippen LogP contribution in [0.4, 0.5) is 14.0 Å². The third kappa shape index (κ3) is 13.3. The van der Waals surface area contributed by atoms with E-state index in [-0.39, 0.29) is 23.9 Å². The van der Waals surface area contributed by atoms with Crippen LogP contribution in [0.3, 0.4) is 0 Å². The molecule has 1 aliphatic heterocycles. The molecule has 4 N–H and O–H groups in total. The largest absolute Gasteiger partial charge is 0.493 e. The molecular formula is C27H43FN4O6. The van der Waals surface area contributed by atoms with Gasteiger partial charge in [0.05, 0.1) is 20.1 Å². The van der Waals surface area contributed by atoms with Gasteiger partial charge in [0.25, 0.3) is 0 Å². The molecular weight excluding hydrogens is 495 g/mol. The summed E-state index contributed by atoms with van der Waals surface area (Å²) in [6.45, 7) is 11.0. The zero-order valence-corrected chi connectivity index (χ0v) is 23.4. The van der Waals surface area contributed by atoms with E-state index in [1.165, 1.54) is 13.2 Å². The van der Waals surface area contributed by atoms with E-state index in [2.05, 4.69) is 14.5 Å². The summed E-state index contributed by atoms with van der Waals surface area (Å²) >= 11 is 0. The monoisotopic (exact) mass is 538 g/mol. The number of nitrogens with two attached hydrogens (primary N) is 2. The minimum absolute atomic E-state index is 0.0593. The van der Waals surface area contributed by atoms with Crippen LogP contribution in [-0.2, 0) is 20.7 Å². The highest BCUT2D eigenvalue weighted by molar-refractivity contribution is 5.93. The number of urea groups is 1. The molecule has 1 fully saturated rings. The zero-order valence-electron chi connectivity index (χ0n) is 23.4. The number of nitrogens with zero attached hydrogens (tertiary/aromatic N) is 2. The molecule has 10 nitrogen and oxygen atoms in total. The first-order valence-corrected chi connectivity index (χ1v) is 12.8. The van der Waals surface area contributed by atoms with Crippen molar-refractivity contribution in [2.75, 3.05) is 26.8 Å². The van der Waals surface area contributed by atoms with E-state index in [0.29, 0.717) is 37.2 Å². The number of amidine groups is 1. The minimum atomic E-state index is -0.725. The van der Waals surface area contributed by atoms with Crippen LogP contribution in [0.15, 0.2) is 23.2 Å². The second-order valence-electron chi connectivity index (χ2n) is 10.4. The van der Waals surface area contributed by atoms with Crippen LogP contribution in [0.25, 0.3) is 0 Å². The van der Waals surface area contributed by atoms with Crippen molar-refractivity contribution in [3.8, 4) is 5.75 Å². The quantitative estimate of drug-likeness (QED) is 0.215. The van der Waals surface area contributed by atoms with Gasteiger partial charge in [0.2, 0.25) is 0 Å². The van der Waals surface area contributed by atoms with E-state index in [0.717, 1.165) is 25.7 Å². The molecule has 0 unspecified atom stereocenters. The Hall–Kier alpha value is -3.37. The summed E-state index contributed by atoms with van der Waals surface area (Å²) in [5.41, 5.74) is 10.3. The number of rotatable bonds is 8. The van der Waals surface area contributed by atoms with E-state index in [9.17, 15) is 18.8 Å². The lowest BCUT2D eigenvalue weighted by atomic mass is 9.92. The maximum absolute atomic E-state index is 14.0. The van der Waals surface area contributed by atoms with Gasteiger partial charge in [-0.3, -0.25) is 4.79 Å². The SMILES string of the molecule is CC(C)(C)OC(N)=O.COC(=O)Cc1ccc(OCCCC2CCN(C(=O)/N=C(\N)C(C)C)CC2)cc1F. The van der Waals surface area contributed by atoms with Gasteiger partial charge >= 0.3 is 18.1 Å². The number of ether oxygens (including phenoxy) is 3. The topological polar surface area (TPSA) is 147 Å². The van der Waals surface area contributed by atoms with Crippen LogP contribution in [-0.4, -0.2) is 61.2 Å². The Kier molecular flexibility index (Phi) is 13.6. The fraction of sp³-hybridized carbons (Fsp3) is 0.630. The van der Waals surface area contributed by atoms with E-state index in [4.69, 9.17) is 16.2 Å². The molecule has 3 amide bonds. The third-order valence-electron chi connectivity index (χ3n) is 5.72. The number of amides is 3. The van der Waals surface area contributed by atoms with Crippen molar-refractivity contribution < 1.29 is 33.0 Å². The van der Waals surface area contributed by atoms with Crippen LogP contribution < -0.4 is 16.2 Å². The van der Waals surface area contributed by atoms with Gasteiger partial charge in [-0.2, -0.15) is 4.99 Å². The Bertz CT molecular complexity index is 953. The normalized spacial score (nSPS) is 14.4. The number of benzene rings is 1. The van der Waals surface area contributed by atoms with Gasteiger partial charge in [-0.05, 0) is 64.0 Å². The van der Waals surface area contributed by atoms with Crippen LogP contribution in [0.5, 0.6) is 5.75 Å². The summed E-state index contributed by atoms with van der Waals surface area (Å²) in [5.74, 6) is 0.449. The fourth-order valence-electron chi connectivity index (χ4n) is 3.58. The zero-order chi connectivity index (χ0) is 28.9. The summed E-state index contributed by atoms with van der Waals surface area (Å²) in [6, 6.07) is 4.25. The lowest BCUT2D eigenvalue weighted by Crippen LogP contribution is -2.38. The molecule has 1 heterocycles. The van der Waals surface area contributed by atoms with Crippen LogP contribution in [0.2, 0.25) is 0 Å². The Morgan fingerprint density at radius 3 is 2.26 bits per heavy atom. The molecule has 1 aliphatic rings. The van der Waals surface area contributed by atoms with Gasteiger partial charge < -0.3 is 30.6 Å². The van der Waals surface area contributed by atoms with E-state index < -0.39 is 23.5 Å². The molecule has 38 heavy (non-hydrogen) atoms. The minimum Gasteiger partial charge on any atom is -0.493 e. The second kappa shape index (κ2) is 15.8. The van der Waals surface area contributed by atoms with Crippen molar-refractivity contribution in [1.29, 1.82) is 0 Å². The maximum atomic E-state index is 14.0. The number of piperidine rings is 1. The van der Waals surface area contributed by atoms with Gasteiger partial charge in [-0.15, -0.1) is 0 Å². The summed E-state index contributed by atoms with van der Waals surface area (Å²) in [6.07, 6.45) is 2.88. The molecule has 0 spiro atoms. The third-order valence-corrected chi connectivity index (χ3v) is 5.72. The Balaban J connectivity index is 0.000000781. The van der Waals surface area contributed by atoms with Gasteiger partial charge in [-0.25, -0.2) is 14.0 Å². The number of aliphatic imine (C=N–C) groups is 1. The number of likely N-dealkylation sites (tertiary alicyclic amines) is 1. The summed E-state index contributed by atoms with van der Waals surface area (Å²) in [5, 5.41) is 0. The van der Waals surface area contributed by atoms with E-state index in [1.807, 2.05) is 13.8 Å². The highest BCUT2D eigenvalue weighted by Gasteiger charge is 2.23. The summed E-state index contributed by atoms with van der Waals surface area (Å²) < 4.78 is 28.8. The molecule has 1 saturated heterocycles. The van der Waals surface area contributed by atoms with Crippen molar-refractivity contribution in [3.63, 3.8) is 0 Å². The lowest BCUT2D eigenvalue weighted by molar-refractivity contribution is -0.139. The van der Waals surface area contributed by atoms with Crippen LogP contribution in [0, 0.1) is 17.7 Å². The average molecular weight is 539 g/mol. The Morgan fingerprint density at radius 1 is 1.16 bits per heavy atom. The van der Waals surface area contributed by atoms with Crippen molar-refractivity contribution in [3.05, 3.63) is 29.6 Å². The number of carbonyl (C=O) groups is 3. The Labute approximate surface area is 224 Å². The number of esters is 1. The fourth-order valence-corrected chi connectivity index (χ4v) is 3.58. The predicted molar refractivity (Wildman–Crippen MR) is 143 cm³/mol. The van der Waals surface area contributed by atoms with Crippen molar-refractivity contribution in [2.24, 2.45) is 28.3 Å². The van der Waals surface area contributed by atoms with E-state index >= 15 is 0 Å². The summed E-state index contributed by atoms with van der Waals surface area (Å²) in [4.78, 5) is 39.1. The number of hydrogen-bond donors (Lipinski definition) is 2. The number of halogens is 1. The molecule has 0 bridgehead atoms. The molecule has 0 aliphatic carbocycles. The summed E-state index contributed by atoms with van der Waals surface area (Å²) in [7, 11) is 1.27. The lowest BCUT2D eigenvalue weighted by Gasteiger charge is -2.30. The van der Waals surface area contributed by atoms with Gasteiger partial charge in [-0.1, -0.05) is 19.9 Å². The van der Waals surface area contributed by atoms with Crippen LogP contribution >= 0.6 is 0 Å². The molecule has 0 saturated carbocycles. The standard InChI is InChI=1S/C22H32FN3O4.C5H11NO2/c1-15(2)21(24)25-22(28)26-10-8-16(9-11-26)5-4-12-30-18-7-6-17(19(23)14-18)13-20(27)29-3;1-5(2,3)8-4(6)7/h6-7,14-16H,4-5,8-13H2,1-3H3,(H2,24,25,28);1-3H3,(H2,6,7). The molecule has 214 valence electrons. The van der Waals surface area contributed by atoms with Gasteiger partial charge in [0, 0.05) is 25.1 Å². The number of carbonyl (C=O) groups excluding carboxylic acids is 3. The first kappa shape index (κ1) is 32.7. The maximum Gasteiger partial charge on any atom is 0.405 e. The molecule has 0 radical (unpaired) electrons. The highest BCUT2D eigenvalue weighted by atomic mass is 19.1. The highest BCUT2D eigenvalue weighted by Crippen LogP contribution is 2.23.